The number of carbonyl (C=O) groups excluding carboxylic acids is 1. The second-order valence-electron chi connectivity index (χ2n) is 7.74. The van der Waals surface area contributed by atoms with E-state index in [4.69, 9.17) is 9.15 Å². The molecule has 2 N–H and O–H groups in total. The second-order valence-corrected chi connectivity index (χ2v) is 7.74. The number of rotatable bonds is 8. The molecule has 0 saturated heterocycles. The number of H-pyrrole nitrogens is 1. The number of amides is 1. The van der Waals surface area contributed by atoms with Crippen LogP contribution in [0.25, 0.3) is 10.9 Å². The fourth-order valence-corrected chi connectivity index (χ4v) is 3.80. The van der Waals surface area contributed by atoms with Crippen LogP contribution in [0.5, 0.6) is 0 Å². The highest BCUT2D eigenvalue weighted by molar-refractivity contribution is 5.91. The number of benzene rings is 2. The molecule has 0 saturated carbocycles. The summed E-state index contributed by atoms with van der Waals surface area (Å²) in [4.78, 5) is 18.1. The molecule has 0 aliphatic rings. The molecule has 2 heterocycles. The van der Waals surface area contributed by atoms with Gasteiger partial charge in [0.1, 0.15) is 12.4 Å². The minimum Gasteiger partial charge on any atom is -0.453 e. The first kappa shape index (κ1) is 20.8. The fraction of sp³-hybridized carbons (Fsp3) is 0.240. The normalized spacial score (nSPS) is 12.1. The Labute approximate surface area is 181 Å². The van der Waals surface area contributed by atoms with Crippen LogP contribution in [0.4, 0.5) is 5.69 Å². The van der Waals surface area contributed by atoms with Gasteiger partial charge in [-0.1, -0.05) is 30.3 Å². The Kier molecular flexibility index (Phi) is 6.09. The topological polar surface area (TPSA) is 70.5 Å². The Hall–Kier alpha value is -3.51. The van der Waals surface area contributed by atoms with E-state index >= 15 is 0 Å². The Balaban J connectivity index is 1.61. The summed E-state index contributed by atoms with van der Waals surface area (Å²) in [5.41, 5.74) is 4.49. The number of nitrogens with zero attached hydrogens (tertiary/aromatic N) is 1. The summed E-state index contributed by atoms with van der Waals surface area (Å²) in [6, 6.07) is 20.1. The third-order valence-electron chi connectivity index (χ3n) is 5.45. The highest BCUT2D eigenvalue weighted by Gasteiger charge is 2.20. The van der Waals surface area contributed by atoms with Gasteiger partial charge in [0.25, 0.3) is 5.91 Å². The van der Waals surface area contributed by atoms with Crippen LogP contribution >= 0.6 is 0 Å². The molecule has 1 unspecified atom stereocenters. The summed E-state index contributed by atoms with van der Waals surface area (Å²) in [6.07, 6.45) is 2.03. The van der Waals surface area contributed by atoms with Crippen molar-refractivity contribution in [1.82, 2.24) is 10.3 Å². The molecular weight excluding hydrogens is 390 g/mol. The molecule has 2 aromatic heterocycles. The van der Waals surface area contributed by atoms with Crippen molar-refractivity contribution >= 4 is 22.5 Å². The standard InChI is InChI=1S/C25H27N3O3/c1-28(2)18-10-8-17(9-11-18)21(22-15-26-23-7-5-4-6-20(22)23)14-27-25(29)24-13-12-19(31-24)16-30-3/h4-13,15,21,26H,14,16H2,1-3H3,(H,27,29). The SMILES string of the molecule is COCc1ccc(C(=O)NCC(c2ccc(N(C)C)cc2)c2c[nH]c3ccccc23)o1. The maximum absolute atomic E-state index is 12.7. The van der Waals surface area contributed by atoms with E-state index in [1.165, 1.54) is 0 Å². The number of ether oxygens (including phenoxy) is 1. The Bertz CT molecular complexity index is 1160. The summed E-state index contributed by atoms with van der Waals surface area (Å²) < 4.78 is 10.6. The lowest BCUT2D eigenvalue weighted by molar-refractivity contribution is 0.0916. The van der Waals surface area contributed by atoms with Gasteiger partial charge >= 0.3 is 0 Å². The van der Waals surface area contributed by atoms with E-state index in [1.54, 1.807) is 19.2 Å². The van der Waals surface area contributed by atoms with Crippen molar-refractivity contribution < 1.29 is 13.9 Å². The van der Waals surface area contributed by atoms with Gasteiger partial charge in [0.05, 0.1) is 0 Å². The number of aromatic amines is 1. The van der Waals surface area contributed by atoms with E-state index in [-0.39, 0.29) is 17.6 Å². The van der Waals surface area contributed by atoms with Crippen LogP contribution in [0.15, 0.2) is 71.3 Å². The fourth-order valence-electron chi connectivity index (χ4n) is 3.80. The molecular formula is C25H27N3O3. The molecule has 1 atom stereocenters. The number of carbonyl (C=O) groups is 1. The molecule has 4 rings (SSSR count). The summed E-state index contributed by atoms with van der Waals surface area (Å²) >= 11 is 0. The van der Waals surface area contributed by atoms with Crippen molar-refractivity contribution in [3.8, 4) is 0 Å². The molecule has 31 heavy (non-hydrogen) atoms. The number of furan rings is 1. The molecule has 0 aliphatic carbocycles. The van der Waals surface area contributed by atoms with E-state index in [1.807, 2.05) is 32.4 Å². The Morgan fingerprint density at radius 1 is 1.10 bits per heavy atom. The lowest BCUT2D eigenvalue weighted by Gasteiger charge is -2.19. The van der Waals surface area contributed by atoms with Crippen molar-refractivity contribution in [2.45, 2.75) is 12.5 Å². The molecule has 0 spiro atoms. The second kappa shape index (κ2) is 9.10. The highest BCUT2D eigenvalue weighted by Crippen LogP contribution is 2.31. The third kappa shape index (κ3) is 4.49. The largest absolute Gasteiger partial charge is 0.453 e. The molecule has 0 fully saturated rings. The zero-order valence-electron chi connectivity index (χ0n) is 18.0. The maximum Gasteiger partial charge on any atom is 0.287 e. The highest BCUT2D eigenvalue weighted by atomic mass is 16.5. The van der Waals surface area contributed by atoms with Gasteiger partial charge in [-0.25, -0.2) is 0 Å². The number of anilines is 1. The molecule has 6 nitrogen and oxygen atoms in total. The minimum atomic E-state index is -0.239. The van der Waals surface area contributed by atoms with Crippen molar-refractivity contribution in [1.29, 1.82) is 0 Å². The third-order valence-corrected chi connectivity index (χ3v) is 5.45. The molecule has 4 aromatic rings. The maximum atomic E-state index is 12.7. The lowest BCUT2D eigenvalue weighted by atomic mass is 9.90. The van der Waals surface area contributed by atoms with Crippen molar-refractivity contribution in [3.05, 3.63) is 89.5 Å². The first-order valence-electron chi connectivity index (χ1n) is 10.3. The van der Waals surface area contributed by atoms with Crippen LogP contribution in [-0.2, 0) is 11.3 Å². The average molecular weight is 418 g/mol. The Morgan fingerprint density at radius 2 is 1.87 bits per heavy atom. The van der Waals surface area contributed by atoms with E-state index < -0.39 is 0 Å². The summed E-state index contributed by atoms with van der Waals surface area (Å²) in [7, 11) is 5.64. The summed E-state index contributed by atoms with van der Waals surface area (Å²) in [5.74, 6) is 0.662. The molecule has 0 radical (unpaired) electrons. The van der Waals surface area contributed by atoms with Gasteiger partial charge in [0.2, 0.25) is 0 Å². The van der Waals surface area contributed by atoms with E-state index in [9.17, 15) is 4.79 Å². The number of aromatic nitrogens is 1. The Morgan fingerprint density at radius 3 is 2.61 bits per heavy atom. The van der Waals surface area contributed by atoms with Gasteiger partial charge in [-0.3, -0.25) is 4.79 Å². The first-order valence-corrected chi connectivity index (χ1v) is 10.3. The van der Waals surface area contributed by atoms with Gasteiger partial charge in [-0.15, -0.1) is 0 Å². The van der Waals surface area contributed by atoms with Gasteiger partial charge in [0.15, 0.2) is 5.76 Å². The van der Waals surface area contributed by atoms with Crippen LogP contribution in [0.3, 0.4) is 0 Å². The van der Waals surface area contributed by atoms with Gasteiger partial charge in [-0.2, -0.15) is 0 Å². The van der Waals surface area contributed by atoms with E-state index in [0.717, 1.165) is 27.7 Å². The minimum absolute atomic E-state index is 0.00952. The van der Waals surface area contributed by atoms with Gasteiger partial charge in [0, 0.05) is 56.5 Å². The predicted octanol–water partition coefficient (Wildman–Crippen LogP) is 4.54. The zero-order chi connectivity index (χ0) is 21.8. The molecule has 0 bridgehead atoms. The molecule has 1 amide bonds. The van der Waals surface area contributed by atoms with Crippen molar-refractivity contribution in [2.75, 3.05) is 32.6 Å². The van der Waals surface area contributed by atoms with E-state index in [2.05, 4.69) is 51.6 Å². The quantitative estimate of drug-likeness (QED) is 0.442. The molecule has 0 aliphatic heterocycles. The van der Waals surface area contributed by atoms with Crippen LogP contribution in [0.2, 0.25) is 0 Å². The predicted molar refractivity (Wildman–Crippen MR) is 123 cm³/mol. The monoisotopic (exact) mass is 417 g/mol. The number of para-hydroxylation sites is 1. The van der Waals surface area contributed by atoms with Gasteiger partial charge < -0.3 is 24.4 Å². The number of methoxy groups -OCH3 is 1. The van der Waals surface area contributed by atoms with Gasteiger partial charge in [-0.05, 0) is 41.5 Å². The summed E-state index contributed by atoms with van der Waals surface area (Å²) in [6.45, 7) is 0.784. The van der Waals surface area contributed by atoms with Crippen molar-refractivity contribution in [2.24, 2.45) is 0 Å². The summed E-state index contributed by atoms with van der Waals surface area (Å²) in [5, 5.41) is 4.20. The number of hydrogen-bond donors (Lipinski definition) is 2. The number of nitrogens with one attached hydrogen (secondary N) is 2. The molecule has 160 valence electrons. The van der Waals surface area contributed by atoms with E-state index in [0.29, 0.717) is 18.9 Å². The van der Waals surface area contributed by atoms with Crippen molar-refractivity contribution in [3.63, 3.8) is 0 Å². The lowest BCUT2D eigenvalue weighted by Crippen LogP contribution is -2.28. The smallest absolute Gasteiger partial charge is 0.287 e. The zero-order valence-corrected chi connectivity index (χ0v) is 18.0. The average Bonchev–Trinajstić information content (AvgIpc) is 3.42. The van der Waals surface area contributed by atoms with Crippen LogP contribution in [-0.4, -0.2) is 38.6 Å². The number of fused-ring (bicyclic) bond motifs is 1. The number of hydrogen-bond acceptors (Lipinski definition) is 4. The van der Waals surface area contributed by atoms with Crippen LogP contribution < -0.4 is 10.2 Å². The van der Waals surface area contributed by atoms with Crippen LogP contribution in [0.1, 0.15) is 33.4 Å². The first-order chi connectivity index (χ1) is 15.1. The molecule has 6 heteroatoms. The molecule has 2 aromatic carbocycles. The van der Waals surface area contributed by atoms with Crippen LogP contribution in [0, 0.1) is 0 Å².